The first kappa shape index (κ1) is 15.5. The molecule has 0 bridgehead atoms. The van der Waals surface area contributed by atoms with Crippen molar-refractivity contribution in [2.45, 2.75) is 6.42 Å². The molecule has 6 nitrogen and oxygen atoms in total. The van der Waals surface area contributed by atoms with Crippen molar-refractivity contribution in [1.82, 2.24) is 15.1 Å². The van der Waals surface area contributed by atoms with Crippen LogP contribution in [0.2, 0.25) is 0 Å². The van der Waals surface area contributed by atoms with Gasteiger partial charge in [-0.3, -0.25) is 9.48 Å². The van der Waals surface area contributed by atoms with Gasteiger partial charge in [0.05, 0.1) is 11.3 Å². The molecule has 0 unspecified atom stereocenters. The fourth-order valence-electron chi connectivity index (χ4n) is 1.96. The normalized spacial score (nSPS) is 10.8. The second-order valence-corrected chi connectivity index (χ2v) is 4.76. The number of hydrogen-bond donors (Lipinski definition) is 2. The Kier molecular flexibility index (Phi) is 5.08. The molecule has 2 aromatic rings. The van der Waals surface area contributed by atoms with E-state index in [2.05, 4.69) is 10.4 Å². The fraction of sp³-hybridized carbons (Fsp3) is 0.188. The average Bonchev–Trinajstić information content (AvgIpc) is 2.91. The van der Waals surface area contributed by atoms with Crippen LogP contribution in [0.4, 0.5) is 0 Å². The van der Waals surface area contributed by atoms with Gasteiger partial charge in [0.25, 0.3) is 0 Å². The second kappa shape index (κ2) is 7.21. The van der Waals surface area contributed by atoms with Crippen molar-refractivity contribution in [3.63, 3.8) is 0 Å². The SMILES string of the molecule is Cn1nccc1/C=C/C(=O)NCCc1cccc(C(=O)O)c1. The molecule has 1 aromatic heterocycles. The quantitative estimate of drug-likeness (QED) is 0.792. The minimum atomic E-state index is -0.954. The molecular weight excluding hydrogens is 282 g/mol. The summed E-state index contributed by atoms with van der Waals surface area (Å²) in [5, 5.41) is 15.7. The Hall–Kier alpha value is -2.89. The standard InChI is InChI=1S/C16H17N3O3/c1-19-14(8-10-18-19)5-6-15(20)17-9-7-12-3-2-4-13(11-12)16(21)22/h2-6,8,10-11H,7,9H2,1H3,(H,17,20)(H,21,22)/b6-5+. The highest BCUT2D eigenvalue weighted by atomic mass is 16.4. The lowest BCUT2D eigenvalue weighted by atomic mass is 10.1. The number of carboxylic acid groups (broad SMARTS) is 1. The number of rotatable bonds is 6. The van der Waals surface area contributed by atoms with Gasteiger partial charge in [-0.05, 0) is 36.3 Å². The third kappa shape index (κ3) is 4.31. The lowest BCUT2D eigenvalue weighted by Gasteiger charge is -2.04. The van der Waals surface area contributed by atoms with Crippen LogP contribution in [-0.2, 0) is 18.3 Å². The number of aromatic nitrogens is 2. The van der Waals surface area contributed by atoms with E-state index in [1.807, 2.05) is 6.07 Å². The van der Waals surface area contributed by atoms with Crippen LogP contribution in [0.25, 0.3) is 6.08 Å². The van der Waals surface area contributed by atoms with Crippen molar-refractivity contribution >= 4 is 18.0 Å². The zero-order valence-corrected chi connectivity index (χ0v) is 12.2. The summed E-state index contributed by atoms with van der Waals surface area (Å²) in [6, 6.07) is 8.50. The molecule has 0 spiro atoms. The Balaban J connectivity index is 1.82. The highest BCUT2D eigenvalue weighted by Crippen LogP contribution is 2.05. The summed E-state index contributed by atoms with van der Waals surface area (Å²) < 4.78 is 1.67. The van der Waals surface area contributed by atoms with Crippen LogP contribution >= 0.6 is 0 Å². The van der Waals surface area contributed by atoms with Crippen molar-refractivity contribution in [1.29, 1.82) is 0 Å². The van der Waals surface area contributed by atoms with E-state index in [-0.39, 0.29) is 11.5 Å². The molecule has 0 aliphatic carbocycles. The van der Waals surface area contributed by atoms with Crippen LogP contribution in [-0.4, -0.2) is 33.3 Å². The van der Waals surface area contributed by atoms with Crippen LogP contribution in [0.15, 0.2) is 42.6 Å². The Morgan fingerprint density at radius 1 is 1.36 bits per heavy atom. The molecule has 1 heterocycles. The highest BCUT2D eigenvalue weighted by Gasteiger charge is 2.03. The third-order valence-electron chi connectivity index (χ3n) is 3.15. The van der Waals surface area contributed by atoms with E-state index in [4.69, 9.17) is 5.11 Å². The first-order valence-electron chi connectivity index (χ1n) is 6.82. The average molecular weight is 299 g/mol. The van der Waals surface area contributed by atoms with Gasteiger partial charge in [-0.25, -0.2) is 4.79 Å². The summed E-state index contributed by atoms with van der Waals surface area (Å²) in [5.41, 5.74) is 1.96. The monoisotopic (exact) mass is 299 g/mol. The van der Waals surface area contributed by atoms with Crippen molar-refractivity contribution in [3.8, 4) is 0 Å². The molecule has 0 atom stereocenters. The smallest absolute Gasteiger partial charge is 0.335 e. The number of nitrogens with zero attached hydrogens (tertiary/aromatic N) is 2. The second-order valence-electron chi connectivity index (χ2n) is 4.76. The minimum Gasteiger partial charge on any atom is -0.478 e. The number of hydrogen-bond acceptors (Lipinski definition) is 3. The topological polar surface area (TPSA) is 84.2 Å². The van der Waals surface area contributed by atoms with Crippen molar-refractivity contribution in [2.24, 2.45) is 7.05 Å². The summed E-state index contributed by atoms with van der Waals surface area (Å²) >= 11 is 0. The van der Waals surface area contributed by atoms with Gasteiger partial charge in [-0.1, -0.05) is 12.1 Å². The maximum Gasteiger partial charge on any atom is 0.335 e. The number of aromatic carboxylic acids is 1. The van der Waals surface area contributed by atoms with Crippen molar-refractivity contribution in [2.75, 3.05) is 6.54 Å². The number of amides is 1. The third-order valence-corrected chi connectivity index (χ3v) is 3.15. The predicted molar refractivity (Wildman–Crippen MR) is 82.4 cm³/mol. The minimum absolute atomic E-state index is 0.199. The molecule has 22 heavy (non-hydrogen) atoms. The van der Waals surface area contributed by atoms with E-state index in [0.29, 0.717) is 13.0 Å². The van der Waals surface area contributed by atoms with Gasteiger partial charge in [-0.15, -0.1) is 0 Å². The van der Waals surface area contributed by atoms with E-state index in [9.17, 15) is 9.59 Å². The fourth-order valence-corrected chi connectivity index (χ4v) is 1.96. The van der Waals surface area contributed by atoms with E-state index in [1.165, 1.54) is 6.08 Å². The molecule has 6 heteroatoms. The predicted octanol–water partition coefficient (Wildman–Crippen LogP) is 1.49. The van der Waals surface area contributed by atoms with Gasteiger partial charge < -0.3 is 10.4 Å². The number of carboxylic acids is 1. The Labute approximate surface area is 128 Å². The molecule has 0 aliphatic heterocycles. The number of aryl methyl sites for hydroxylation is 1. The van der Waals surface area contributed by atoms with Crippen LogP contribution < -0.4 is 5.32 Å². The molecule has 2 N–H and O–H groups in total. The summed E-state index contributed by atoms with van der Waals surface area (Å²) in [7, 11) is 1.80. The summed E-state index contributed by atoms with van der Waals surface area (Å²) in [4.78, 5) is 22.6. The lowest BCUT2D eigenvalue weighted by Crippen LogP contribution is -2.23. The van der Waals surface area contributed by atoms with E-state index in [1.54, 1.807) is 48.3 Å². The number of benzene rings is 1. The Bertz CT molecular complexity index is 704. The molecule has 0 saturated heterocycles. The molecule has 1 amide bonds. The maximum absolute atomic E-state index is 11.7. The summed E-state index contributed by atoms with van der Waals surface area (Å²) in [5.74, 6) is -1.15. The van der Waals surface area contributed by atoms with Crippen LogP contribution in [0.3, 0.4) is 0 Å². The summed E-state index contributed by atoms with van der Waals surface area (Å²) in [6.45, 7) is 0.442. The van der Waals surface area contributed by atoms with Crippen LogP contribution in [0, 0.1) is 0 Å². The number of carbonyl (C=O) groups excluding carboxylic acids is 1. The molecular formula is C16H17N3O3. The zero-order chi connectivity index (χ0) is 15.9. The lowest BCUT2D eigenvalue weighted by molar-refractivity contribution is -0.116. The first-order chi connectivity index (χ1) is 10.6. The molecule has 0 fully saturated rings. The first-order valence-corrected chi connectivity index (χ1v) is 6.82. The Morgan fingerprint density at radius 3 is 2.86 bits per heavy atom. The molecule has 114 valence electrons. The van der Waals surface area contributed by atoms with Gasteiger partial charge in [0.1, 0.15) is 0 Å². The number of nitrogens with one attached hydrogen (secondary N) is 1. The van der Waals surface area contributed by atoms with Gasteiger partial charge in [0.15, 0.2) is 0 Å². The molecule has 0 radical (unpaired) electrons. The van der Waals surface area contributed by atoms with Crippen LogP contribution in [0.1, 0.15) is 21.6 Å². The molecule has 2 rings (SSSR count). The number of carbonyl (C=O) groups is 2. The van der Waals surface area contributed by atoms with E-state index >= 15 is 0 Å². The molecule has 1 aromatic carbocycles. The van der Waals surface area contributed by atoms with E-state index in [0.717, 1.165) is 11.3 Å². The highest BCUT2D eigenvalue weighted by molar-refractivity contribution is 5.91. The molecule has 0 aliphatic rings. The van der Waals surface area contributed by atoms with Gasteiger partial charge in [-0.2, -0.15) is 5.10 Å². The largest absolute Gasteiger partial charge is 0.478 e. The van der Waals surface area contributed by atoms with Crippen molar-refractivity contribution in [3.05, 3.63) is 59.4 Å². The van der Waals surface area contributed by atoms with Gasteiger partial charge >= 0.3 is 5.97 Å². The van der Waals surface area contributed by atoms with Gasteiger partial charge in [0, 0.05) is 25.9 Å². The summed E-state index contributed by atoms with van der Waals surface area (Å²) in [6.07, 6.45) is 5.37. The molecule has 0 saturated carbocycles. The maximum atomic E-state index is 11.7. The van der Waals surface area contributed by atoms with Gasteiger partial charge in [0.2, 0.25) is 5.91 Å². The van der Waals surface area contributed by atoms with Crippen molar-refractivity contribution < 1.29 is 14.7 Å². The Morgan fingerprint density at radius 2 is 2.18 bits per heavy atom. The zero-order valence-electron chi connectivity index (χ0n) is 12.2. The van der Waals surface area contributed by atoms with Crippen LogP contribution in [0.5, 0.6) is 0 Å². The van der Waals surface area contributed by atoms with E-state index < -0.39 is 5.97 Å².